The Morgan fingerprint density at radius 1 is 1.12 bits per heavy atom. The molecule has 26 heavy (non-hydrogen) atoms. The van der Waals surface area contributed by atoms with Gasteiger partial charge in [-0.25, -0.2) is 0 Å². The molecule has 8 nitrogen and oxygen atoms in total. The number of ether oxygens (including phenoxy) is 2. The maximum atomic E-state index is 12.3. The number of rotatable bonds is 7. The van der Waals surface area contributed by atoms with Crippen molar-refractivity contribution in [2.24, 2.45) is 5.73 Å². The van der Waals surface area contributed by atoms with E-state index in [0.717, 1.165) is 0 Å². The molecule has 1 aromatic heterocycles. The predicted octanol–water partition coefficient (Wildman–Crippen LogP) is 2.09. The Morgan fingerprint density at radius 2 is 1.77 bits per heavy atom. The number of anilines is 1. The molecule has 0 saturated carbocycles. The molecule has 0 unspecified atom stereocenters. The first-order valence-electron chi connectivity index (χ1n) is 7.73. The molecule has 2 amide bonds. The van der Waals surface area contributed by atoms with Crippen LogP contribution in [0.15, 0.2) is 22.6 Å². The van der Waals surface area contributed by atoms with Crippen LogP contribution in [0, 0.1) is 6.92 Å². The van der Waals surface area contributed by atoms with E-state index in [1.54, 1.807) is 18.2 Å². The van der Waals surface area contributed by atoms with Gasteiger partial charge in [0.2, 0.25) is 11.8 Å². The largest absolute Gasteiger partial charge is 0.493 e. The molecule has 0 aliphatic rings. The molecule has 0 aliphatic carbocycles. The number of aryl methyl sites for hydroxylation is 1. The Balaban J connectivity index is 2.25. The number of furan rings is 1. The molecule has 0 aliphatic heterocycles. The number of Topliss-reactive ketones (excluding diaryl/α,β-unsaturated/α-hetero) is 1. The number of ketones is 1. The van der Waals surface area contributed by atoms with Crippen molar-refractivity contribution in [3.63, 3.8) is 0 Å². The van der Waals surface area contributed by atoms with Gasteiger partial charge in [0, 0.05) is 0 Å². The van der Waals surface area contributed by atoms with Crippen LogP contribution >= 0.6 is 0 Å². The summed E-state index contributed by atoms with van der Waals surface area (Å²) in [6, 6.07) is 5.06. The van der Waals surface area contributed by atoms with Gasteiger partial charge in [0.25, 0.3) is 5.91 Å². The van der Waals surface area contributed by atoms with E-state index in [1.807, 2.05) is 0 Å². The van der Waals surface area contributed by atoms with Gasteiger partial charge in [0.15, 0.2) is 17.3 Å². The van der Waals surface area contributed by atoms with Crippen LogP contribution in [0.2, 0.25) is 0 Å². The summed E-state index contributed by atoms with van der Waals surface area (Å²) >= 11 is 0. The van der Waals surface area contributed by atoms with Crippen LogP contribution in [0.3, 0.4) is 0 Å². The van der Waals surface area contributed by atoms with E-state index in [9.17, 15) is 14.4 Å². The Morgan fingerprint density at radius 3 is 2.31 bits per heavy atom. The molecular weight excluding hydrogens is 340 g/mol. The van der Waals surface area contributed by atoms with Gasteiger partial charge in [-0.2, -0.15) is 0 Å². The van der Waals surface area contributed by atoms with Crippen LogP contribution in [0.1, 0.15) is 39.0 Å². The highest BCUT2D eigenvalue weighted by molar-refractivity contribution is 6.12. The summed E-state index contributed by atoms with van der Waals surface area (Å²) in [4.78, 5) is 35.7. The van der Waals surface area contributed by atoms with Crippen molar-refractivity contribution >= 4 is 23.5 Å². The van der Waals surface area contributed by atoms with Gasteiger partial charge >= 0.3 is 0 Å². The van der Waals surface area contributed by atoms with E-state index in [-0.39, 0.29) is 35.0 Å². The fraction of sp³-hybridized carbons (Fsp3) is 0.278. The molecule has 2 aromatic rings. The molecule has 0 bridgehead atoms. The summed E-state index contributed by atoms with van der Waals surface area (Å²) in [7, 11) is 3.01. The number of hydrogen-bond donors (Lipinski definition) is 2. The SMILES string of the molecule is COc1ccc(CC(=O)Nc2oc(C)c(C(C)=O)c2C(N)=O)cc1OC. The minimum atomic E-state index is -0.853. The number of primary amides is 1. The van der Waals surface area contributed by atoms with E-state index in [0.29, 0.717) is 17.1 Å². The standard InChI is InChI=1S/C18H20N2O6/c1-9(21)15-10(2)26-18(16(15)17(19)23)20-14(22)8-11-5-6-12(24-3)13(7-11)25-4/h5-7H,8H2,1-4H3,(H2,19,23)(H,20,22). The van der Waals surface area contributed by atoms with Crippen molar-refractivity contribution < 1.29 is 28.3 Å². The van der Waals surface area contributed by atoms with Gasteiger partial charge in [-0.1, -0.05) is 6.07 Å². The highest BCUT2D eigenvalue weighted by Crippen LogP contribution is 2.29. The van der Waals surface area contributed by atoms with E-state index in [2.05, 4.69) is 5.32 Å². The van der Waals surface area contributed by atoms with Crippen LogP contribution in [0.25, 0.3) is 0 Å². The number of methoxy groups -OCH3 is 2. The highest BCUT2D eigenvalue weighted by atomic mass is 16.5. The lowest BCUT2D eigenvalue weighted by molar-refractivity contribution is -0.115. The van der Waals surface area contributed by atoms with Crippen molar-refractivity contribution in [2.45, 2.75) is 20.3 Å². The molecule has 0 spiro atoms. The smallest absolute Gasteiger partial charge is 0.255 e. The van der Waals surface area contributed by atoms with Crippen molar-refractivity contribution in [3.05, 3.63) is 40.6 Å². The third-order valence-electron chi connectivity index (χ3n) is 3.75. The second kappa shape index (κ2) is 7.73. The summed E-state index contributed by atoms with van der Waals surface area (Å²) < 4.78 is 15.7. The van der Waals surface area contributed by atoms with E-state index >= 15 is 0 Å². The summed E-state index contributed by atoms with van der Waals surface area (Å²) in [6.45, 7) is 2.81. The van der Waals surface area contributed by atoms with E-state index in [1.165, 1.54) is 28.1 Å². The maximum Gasteiger partial charge on any atom is 0.255 e. The fourth-order valence-electron chi connectivity index (χ4n) is 2.64. The Bertz CT molecular complexity index is 869. The van der Waals surface area contributed by atoms with Crippen molar-refractivity contribution in [2.75, 3.05) is 19.5 Å². The van der Waals surface area contributed by atoms with Crippen molar-refractivity contribution in [1.29, 1.82) is 0 Å². The van der Waals surface area contributed by atoms with Crippen LogP contribution in [-0.2, 0) is 11.2 Å². The maximum absolute atomic E-state index is 12.3. The molecule has 8 heteroatoms. The molecule has 3 N–H and O–H groups in total. The van der Waals surface area contributed by atoms with Crippen LogP contribution in [0.4, 0.5) is 5.88 Å². The quantitative estimate of drug-likeness (QED) is 0.729. The Hall–Kier alpha value is -3.29. The number of hydrogen-bond acceptors (Lipinski definition) is 6. The number of benzene rings is 1. The molecule has 0 fully saturated rings. The van der Waals surface area contributed by atoms with Gasteiger partial charge in [-0.15, -0.1) is 0 Å². The van der Waals surface area contributed by atoms with Crippen molar-refractivity contribution in [1.82, 2.24) is 0 Å². The molecular formula is C18H20N2O6. The fourth-order valence-corrected chi connectivity index (χ4v) is 2.64. The second-order valence-corrected chi connectivity index (χ2v) is 5.57. The van der Waals surface area contributed by atoms with Gasteiger partial charge < -0.3 is 19.6 Å². The lowest BCUT2D eigenvalue weighted by Gasteiger charge is -2.09. The zero-order valence-electron chi connectivity index (χ0n) is 15.0. The summed E-state index contributed by atoms with van der Waals surface area (Å²) in [5.74, 6) is -0.556. The minimum Gasteiger partial charge on any atom is -0.493 e. The second-order valence-electron chi connectivity index (χ2n) is 5.57. The molecule has 1 heterocycles. The van der Waals surface area contributed by atoms with E-state index < -0.39 is 11.8 Å². The first kappa shape index (κ1) is 19.0. The number of amides is 2. The molecule has 2 rings (SSSR count). The molecule has 138 valence electrons. The first-order valence-corrected chi connectivity index (χ1v) is 7.73. The van der Waals surface area contributed by atoms with E-state index in [4.69, 9.17) is 19.6 Å². The first-order chi connectivity index (χ1) is 12.3. The van der Waals surface area contributed by atoms with Gasteiger partial charge in [-0.05, 0) is 31.5 Å². The average molecular weight is 360 g/mol. The van der Waals surface area contributed by atoms with Gasteiger partial charge in [-0.3, -0.25) is 19.7 Å². The number of nitrogens with two attached hydrogens (primary N) is 1. The third kappa shape index (κ3) is 3.85. The summed E-state index contributed by atoms with van der Waals surface area (Å²) in [6.07, 6.45) is -0.00624. The third-order valence-corrected chi connectivity index (χ3v) is 3.75. The van der Waals surface area contributed by atoms with Crippen LogP contribution in [-0.4, -0.2) is 31.8 Å². The molecule has 0 saturated heterocycles. The number of carbonyl (C=O) groups is 3. The predicted molar refractivity (Wildman–Crippen MR) is 93.8 cm³/mol. The molecule has 0 atom stereocenters. The van der Waals surface area contributed by atoms with Crippen LogP contribution < -0.4 is 20.5 Å². The topological polar surface area (TPSA) is 121 Å². The Labute approximate surface area is 150 Å². The molecule has 1 aromatic carbocycles. The van der Waals surface area contributed by atoms with Crippen molar-refractivity contribution in [3.8, 4) is 11.5 Å². The zero-order chi connectivity index (χ0) is 19.4. The summed E-state index contributed by atoms with van der Waals surface area (Å²) in [5, 5.41) is 2.49. The Kier molecular flexibility index (Phi) is 5.66. The number of nitrogens with one attached hydrogen (secondary N) is 1. The zero-order valence-corrected chi connectivity index (χ0v) is 15.0. The highest BCUT2D eigenvalue weighted by Gasteiger charge is 2.26. The molecule has 0 radical (unpaired) electrons. The monoisotopic (exact) mass is 360 g/mol. The lowest BCUT2D eigenvalue weighted by atomic mass is 10.1. The normalized spacial score (nSPS) is 10.3. The lowest BCUT2D eigenvalue weighted by Crippen LogP contribution is -2.20. The van der Waals surface area contributed by atoms with Gasteiger partial charge in [0.1, 0.15) is 11.3 Å². The van der Waals surface area contributed by atoms with Gasteiger partial charge in [0.05, 0.1) is 26.2 Å². The number of carbonyl (C=O) groups excluding carboxylic acids is 3. The average Bonchev–Trinajstić information content (AvgIpc) is 2.90. The summed E-state index contributed by atoms with van der Waals surface area (Å²) in [5.41, 5.74) is 5.93. The van der Waals surface area contributed by atoms with Crippen LogP contribution in [0.5, 0.6) is 11.5 Å². The minimum absolute atomic E-state index is 0.00624.